The maximum atomic E-state index is 12.2. The van der Waals surface area contributed by atoms with Gasteiger partial charge in [-0.1, -0.05) is 35.9 Å². The predicted octanol–water partition coefficient (Wildman–Crippen LogP) is 3.18. The highest BCUT2D eigenvalue weighted by molar-refractivity contribution is 7.99. The van der Waals surface area contributed by atoms with Crippen LogP contribution in [0.25, 0.3) is 10.8 Å². The van der Waals surface area contributed by atoms with Crippen molar-refractivity contribution in [3.05, 3.63) is 70.1 Å². The van der Waals surface area contributed by atoms with E-state index >= 15 is 0 Å². The zero-order valence-corrected chi connectivity index (χ0v) is 13.9. The van der Waals surface area contributed by atoms with Gasteiger partial charge in [0.25, 0.3) is 5.56 Å². The molecular formula is C18H16N2O3S. The normalized spacial score (nSPS) is 10.7. The van der Waals surface area contributed by atoms with Crippen molar-refractivity contribution in [3.63, 3.8) is 0 Å². The first-order chi connectivity index (χ1) is 11.6. The molecule has 3 rings (SSSR count). The number of hydrogen-bond acceptors (Lipinski definition) is 5. The summed E-state index contributed by atoms with van der Waals surface area (Å²) in [6.45, 7) is 2.31. The molecule has 0 aliphatic heterocycles. The summed E-state index contributed by atoms with van der Waals surface area (Å²) in [7, 11) is 0. The van der Waals surface area contributed by atoms with Crippen LogP contribution in [0.2, 0.25) is 0 Å². The van der Waals surface area contributed by atoms with Gasteiger partial charge in [0.05, 0.1) is 5.39 Å². The Kier molecular flexibility index (Phi) is 4.96. The number of thioether (sulfide) groups is 1. The van der Waals surface area contributed by atoms with E-state index in [0.717, 1.165) is 4.90 Å². The van der Waals surface area contributed by atoms with E-state index in [2.05, 4.69) is 10.2 Å². The van der Waals surface area contributed by atoms with Crippen molar-refractivity contribution in [3.8, 4) is 0 Å². The number of hydrogen-bond donors (Lipinski definition) is 1. The van der Waals surface area contributed by atoms with Gasteiger partial charge in [-0.05, 0) is 25.1 Å². The zero-order chi connectivity index (χ0) is 16.9. The third kappa shape index (κ3) is 3.65. The highest BCUT2D eigenvalue weighted by Crippen LogP contribution is 2.18. The molecule has 0 radical (unpaired) electrons. The van der Waals surface area contributed by atoms with Crippen LogP contribution in [0.1, 0.15) is 16.1 Å². The second kappa shape index (κ2) is 7.31. The highest BCUT2D eigenvalue weighted by atomic mass is 32.2. The molecule has 122 valence electrons. The first-order valence-corrected chi connectivity index (χ1v) is 8.48. The van der Waals surface area contributed by atoms with E-state index < -0.39 is 5.97 Å². The molecule has 5 nitrogen and oxygen atoms in total. The lowest BCUT2D eigenvalue weighted by Crippen LogP contribution is -2.16. The van der Waals surface area contributed by atoms with E-state index in [1.165, 1.54) is 5.56 Å². The van der Waals surface area contributed by atoms with Crippen LogP contribution in [-0.2, 0) is 4.74 Å². The van der Waals surface area contributed by atoms with E-state index in [-0.39, 0.29) is 17.9 Å². The van der Waals surface area contributed by atoms with Crippen LogP contribution in [0, 0.1) is 6.92 Å². The van der Waals surface area contributed by atoms with Gasteiger partial charge in [-0.2, -0.15) is 5.10 Å². The Morgan fingerprint density at radius 3 is 2.58 bits per heavy atom. The molecule has 0 fully saturated rings. The summed E-state index contributed by atoms with van der Waals surface area (Å²) in [5.41, 5.74) is 1.02. The Bertz CT molecular complexity index is 919. The molecule has 0 amide bonds. The first kappa shape index (κ1) is 16.3. The second-order valence-electron chi connectivity index (χ2n) is 5.24. The molecule has 0 saturated carbocycles. The number of aromatic nitrogens is 2. The SMILES string of the molecule is Cc1ccc(SCCOC(=O)c2n[nH]c(=O)c3ccccc23)cc1. The molecule has 3 aromatic rings. The Balaban J connectivity index is 1.62. The van der Waals surface area contributed by atoms with Crippen LogP contribution in [-0.4, -0.2) is 28.5 Å². The van der Waals surface area contributed by atoms with Gasteiger partial charge in [0.1, 0.15) is 6.61 Å². The summed E-state index contributed by atoms with van der Waals surface area (Å²) in [6, 6.07) is 15.0. The van der Waals surface area contributed by atoms with Crippen LogP contribution in [0.5, 0.6) is 0 Å². The van der Waals surface area contributed by atoms with Crippen LogP contribution >= 0.6 is 11.8 Å². The molecule has 1 aromatic heterocycles. The average Bonchev–Trinajstić information content (AvgIpc) is 2.60. The number of fused-ring (bicyclic) bond motifs is 1. The van der Waals surface area contributed by atoms with Gasteiger partial charge in [-0.25, -0.2) is 9.89 Å². The summed E-state index contributed by atoms with van der Waals surface area (Å²) >= 11 is 1.62. The van der Waals surface area contributed by atoms with Crippen molar-refractivity contribution < 1.29 is 9.53 Å². The van der Waals surface area contributed by atoms with Gasteiger partial charge in [-0.15, -0.1) is 11.8 Å². The van der Waals surface area contributed by atoms with Gasteiger partial charge < -0.3 is 4.74 Å². The van der Waals surface area contributed by atoms with E-state index in [1.54, 1.807) is 36.0 Å². The molecule has 0 atom stereocenters. The fourth-order valence-corrected chi connectivity index (χ4v) is 3.00. The van der Waals surface area contributed by atoms with Crippen LogP contribution in [0.3, 0.4) is 0 Å². The number of aromatic amines is 1. The van der Waals surface area contributed by atoms with E-state index in [9.17, 15) is 9.59 Å². The molecule has 0 unspecified atom stereocenters. The maximum absolute atomic E-state index is 12.2. The lowest BCUT2D eigenvalue weighted by Gasteiger charge is -2.06. The number of carbonyl (C=O) groups is 1. The fraction of sp³-hybridized carbons (Fsp3) is 0.167. The van der Waals surface area contributed by atoms with Gasteiger partial charge in [0.2, 0.25) is 0 Å². The minimum Gasteiger partial charge on any atom is -0.460 e. The Labute approximate surface area is 143 Å². The van der Waals surface area contributed by atoms with Crippen LogP contribution < -0.4 is 5.56 Å². The highest BCUT2D eigenvalue weighted by Gasteiger charge is 2.15. The van der Waals surface area contributed by atoms with E-state index in [0.29, 0.717) is 16.5 Å². The molecule has 2 aromatic carbocycles. The van der Waals surface area contributed by atoms with Gasteiger partial charge in [-0.3, -0.25) is 4.79 Å². The Morgan fingerprint density at radius 2 is 1.83 bits per heavy atom. The number of nitrogens with one attached hydrogen (secondary N) is 1. The van der Waals surface area contributed by atoms with Gasteiger partial charge in [0.15, 0.2) is 5.69 Å². The number of nitrogens with zero attached hydrogens (tertiary/aromatic N) is 1. The van der Waals surface area contributed by atoms with Crippen molar-refractivity contribution in [2.45, 2.75) is 11.8 Å². The second-order valence-corrected chi connectivity index (χ2v) is 6.41. The van der Waals surface area contributed by atoms with Gasteiger partial charge in [0, 0.05) is 16.0 Å². The third-order valence-corrected chi connectivity index (χ3v) is 4.47. The largest absolute Gasteiger partial charge is 0.460 e. The first-order valence-electron chi connectivity index (χ1n) is 7.49. The zero-order valence-electron chi connectivity index (χ0n) is 13.1. The standard InChI is InChI=1S/C18H16N2O3S/c1-12-6-8-13(9-7-12)24-11-10-23-18(22)16-14-4-2-3-5-15(14)17(21)20-19-16/h2-9H,10-11H2,1H3,(H,20,21). The molecule has 0 bridgehead atoms. The fourth-order valence-electron chi connectivity index (χ4n) is 2.27. The number of rotatable bonds is 5. The molecule has 0 spiro atoms. The van der Waals surface area contributed by atoms with Crippen molar-refractivity contribution in [2.75, 3.05) is 12.4 Å². The van der Waals surface area contributed by atoms with Crippen molar-refractivity contribution in [1.29, 1.82) is 0 Å². The Hall–Kier alpha value is -2.60. The quantitative estimate of drug-likeness (QED) is 0.439. The molecular weight excluding hydrogens is 324 g/mol. The lowest BCUT2D eigenvalue weighted by atomic mass is 10.1. The summed E-state index contributed by atoms with van der Waals surface area (Å²) < 4.78 is 5.28. The molecule has 6 heteroatoms. The summed E-state index contributed by atoms with van der Waals surface area (Å²) in [4.78, 5) is 25.1. The summed E-state index contributed by atoms with van der Waals surface area (Å²) in [6.07, 6.45) is 0. The number of carbonyl (C=O) groups excluding carboxylic acids is 1. The number of aryl methyl sites for hydroxylation is 1. The number of H-pyrrole nitrogens is 1. The summed E-state index contributed by atoms with van der Waals surface area (Å²) in [5, 5.41) is 7.09. The minimum atomic E-state index is -0.535. The predicted molar refractivity (Wildman–Crippen MR) is 94.5 cm³/mol. The lowest BCUT2D eigenvalue weighted by molar-refractivity contribution is 0.0524. The molecule has 0 aliphatic carbocycles. The molecule has 24 heavy (non-hydrogen) atoms. The van der Waals surface area contributed by atoms with Crippen molar-refractivity contribution >= 4 is 28.5 Å². The maximum Gasteiger partial charge on any atom is 0.359 e. The van der Waals surface area contributed by atoms with Crippen molar-refractivity contribution in [2.24, 2.45) is 0 Å². The number of esters is 1. The molecule has 0 aliphatic rings. The smallest absolute Gasteiger partial charge is 0.359 e. The van der Waals surface area contributed by atoms with Gasteiger partial charge >= 0.3 is 5.97 Å². The van der Waals surface area contributed by atoms with Crippen LogP contribution in [0.15, 0.2) is 58.2 Å². The number of ether oxygens (including phenoxy) is 1. The van der Waals surface area contributed by atoms with E-state index in [1.807, 2.05) is 31.2 Å². The third-order valence-electron chi connectivity index (χ3n) is 3.50. The average molecular weight is 340 g/mol. The molecule has 1 N–H and O–H groups in total. The number of benzene rings is 2. The van der Waals surface area contributed by atoms with E-state index in [4.69, 9.17) is 4.74 Å². The molecule has 0 saturated heterocycles. The van der Waals surface area contributed by atoms with Crippen molar-refractivity contribution in [1.82, 2.24) is 10.2 Å². The molecule has 1 heterocycles. The van der Waals surface area contributed by atoms with Crippen LogP contribution in [0.4, 0.5) is 0 Å². The topological polar surface area (TPSA) is 72.0 Å². The minimum absolute atomic E-state index is 0.130. The Morgan fingerprint density at radius 1 is 1.12 bits per heavy atom. The monoisotopic (exact) mass is 340 g/mol. The summed E-state index contributed by atoms with van der Waals surface area (Å²) in [5.74, 6) is 0.114.